The van der Waals surface area contributed by atoms with Crippen molar-refractivity contribution in [1.82, 2.24) is 9.21 Å². The van der Waals surface area contributed by atoms with Gasteiger partial charge in [-0.15, -0.1) is 0 Å². The van der Waals surface area contributed by atoms with Gasteiger partial charge in [-0.25, -0.2) is 8.42 Å². The molecule has 2 fully saturated rings. The molecule has 0 atom stereocenters. The van der Waals surface area contributed by atoms with E-state index >= 15 is 0 Å². The summed E-state index contributed by atoms with van der Waals surface area (Å²) in [4.78, 5) is 36.2. The van der Waals surface area contributed by atoms with E-state index in [9.17, 15) is 22.8 Å². The average Bonchev–Trinajstić information content (AvgIpc) is 2.95. The molecule has 0 radical (unpaired) electrons. The number of hydrogen-bond acceptors (Lipinski definition) is 5. The van der Waals surface area contributed by atoms with E-state index in [-0.39, 0.29) is 36.1 Å². The number of amides is 3. The minimum absolute atomic E-state index is 0.134. The molecular formula is C17H21N3O5S. The largest absolute Gasteiger partial charge is 0.325 e. The Bertz CT molecular complexity index is 797. The van der Waals surface area contributed by atoms with Crippen molar-refractivity contribution in [3.63, 3.8) is 0 Å². The highest BCUT2D eigenvalue weighted by molar-refractivity contribution is 7.89. The predicted octanol–water partition coefficient (Wildman–Crippen LogP) is 0.949. The molecule has 1 aromatic carbocycles. The van der Waals surface area contributed by atoms with Crippen LogP contribution < -0.4 is 5.32 Å². The van der Waals surface area contributed by atoms with Gasteiger partial charge in [-0.1, -0.05) is 6.42 Å². The van der Waals surface area contributed by atoms with Gasteiger partial charge >= 0.3 is 0 Å². The molecule has 2 aliphatic rings. The number of imide groups is 1. The van der Waals surface area contributed by atoms with Crippen LogP contribution in [0.15, 0.2) is 29.2 Å². The van der Waals surface area contributed by atoms with Crippen LogP contribution >= 0.6 is 0 Å². The van der Waals surface area contributed by atoms with Crippen LogP contribution in [0.5, 0.6) is 0 Å². The molecule has 2 heterocycles. The summed E-state index contributed by atoms with van der Waals surface area (Å²) >= 11 is 0. The van der Waals surface area contributed by atoms with Gasteiger partial charge in [-0.2, -0.15) is 4.31 Å². The summed E-state index contributed by atoms with van der Waals surface area (Å²) in [5.74, 6) is -1.21. The third-order valence-electron chi connectivity index (χ3n) is 4.55. The second kappa shape index (κ2) is 7.55. The van der Waals surface area contributed by atoms with Gasteiger partial charge in [0.1, 0.15) is 6.54 Å². The zero-order chi connectivity index (χ0) is 18.7. The SMILES string of the molecule is O=C(CN1C(=O)CCC1=O)Nc1ccc(S(=O)(=O)N2CCCCC2)cc1. The van der Waals surface area contributed by atoms with E-state index in [0.717, 1.165) is 24.2 Å². The van der Waals surface area contributed by atoms with E-state index in [1.165, 1.54) is 28.6 Å². The number of likely N-dealkylation sites (tertiary alicyclic amines) is 1. The van der Waals surface area contributed by atoms with E-state index < -0.39 is 15.9 Å². The average molecular weight is 379 g/mol. The van der Waals surface area contributed by atoms with Gasteiger partial charge in [0.2, 0.25) is 27.7 Å². The van der Waals surface area contributed by atoms with Crippen molar-refractivity contribution in [3.8, 4) is 0 Å². The van der Waals surface area contributed by atoms with Crippen LogP contribution in [0.25, 0.3) is 0 Å². The van der Waals surface area contributed by atoms with Crippen molar-refractivity contribution < 1.29 is 22.8 Å². The number of hydrogen-bond donors (Lipinski definition) is 1. The fourth-order valence-electron chi connectivity index (χ4n) is 3.11. The number of carbonyl (C=O) groups excluding carboxylic acids is 3. The molecule has 3 rings (SSSR count). The summed E-state index contributed by atoms with van der Waals surface area (Å²) in [5.41, 5.74) is 0.409. The second-order valence-electron chi connectivity index (χ2n) is 6.41. The number of nitrogens with zero attached hydrogens (tertiary/aromatic N) is 2. The van der Waals surface area contributed by atoms with E-state index in [1.54, 1.807) is 0 Å². The standard InChI is InChI=1S/C17H21N3O5S/c21-15(12-20-16(22)8-9-17(20)23)18-13-4-6-14(7-5-13)26(24,25)19-10-2-1-3-11-19/h4-7H,1-3,8-12H2,(H,18,21). The number of sulfonamides is 1. The first-order chi connectivity index (χ1) is 12.4. The Labute approximate surface area is 152 Å². The number of anilines is 1. The number of piperidine rings is 1. The lowest BCUT2D eigenvalue weighted by Crippen LogP contribution is -2.37. The molecule has 0 bridgehead atoms. The Hall–Kier alpha value is -2.26. The Kier molecular flexibility index (Phi) is 5.38. The molecule has 2 aliphatic heterocycles. The lowest BCUT2D eigenvalue weighted by molar-refractivity contribution is -0.141. The van der Waals surface area contributed by atoms with Gasteiger partial charge in [0.15, 0.2) is 0 Å². The molecule has 0 aliphatic carbocycles. The lowest BCUT2D eigenvalue weighted by atomic mass is 10.2. The molecule has 1 N–H and O–H groups in total. The van der Waals surface area contributed by atoms with E-state index in [1.807, 2.05) is 0 Å². The molecule has 0 saturated carbocycles. The Morgan fingerprint density at radius 2 is 1.54 bits per heavy atom. The summed E-state index contributed by atoms with van der Waals surface area (Å²) in [5, 5.41) is 2.57. The minimum atomic E-state index is -3.52. The van der Waals surface area contributed by atoms with Crippen molar-refractivity contribution in [2.45, 2.75) is 37.0 Å². The van der Waals surface area contributed by atoms with Crippen LogP contribution in [-0.4, -0.2) is 55.0 Å². The maximum Gasteiger partial charge on any atom is 0.244 e. The molecule has 140 valence electrons. The monoisotopic (exact) mass is 379 g/mol. The first kappa shape index (κ1) is 18.5. The van der Waals surface area contributed by atoms with E-state index in [0.29, 0.717) is 18.8 Å². The second-order valence-corrected chi connectivity index (χ2v) is 8.35. The molecular weight excluding hydrogens is 358 g/mol. The number of benzene rings is 1. The fourth-order valence-corrected chi connectivity index (χ4v) is 4.62. The summed E-state index contributed by atoms with van der Waals surface area (Å²) in [6, 6.07) is 5.90. The molecule has 0 spiro atoms. The van der Waals surface area contributed by atoms with Crippen LogP contribution in [0.3, 0.4) is 0 Å². The number of nitrogens with one attached hydrogen (secondary N) is 1. The highest BCUT2D eigenvalue weighted by Gasteiger charge is 2.30. The molecule has 0 aromatic heterocycles. The zero-order valence-corrected chi connectivity index (χ0v) is 15.1. The molecule has 8 nitrogen and oxygen atoms in total. The predicted molar refractivity (Wildman–Crippen MR) is 93.6 cm³/mol. The normalized spacial score (nSPS) is 19.0. The van der Waals surface area contributed by atoms with Crippen LogP contribution in [0.4, 0.5) is 5.69 Å². The highest BCUT2D eigenvalue weighted by atomic mass is 32.2. The van der Waals surface area contributed by atoms with E-state index in [4.69, 9.17) is 0 Å². The fraction of sp³-hybridized carbons (Fsp3) is 0.471. The smallest absolute Gasteiger partial charge is 0.244 e. The van der Waals surface area contributed by atoms with Gasteiger partial charge in [-0.3, -0.25) is 19.3 Å². The Balaban J connectivity index is 1.63. The van der Waals surface area contributed by atoms with Crippen molar-refractivity contribution in [1.29, 1.82) is 0 Å². The van der Waals surface area contributed by atoms with E-state index in [2.05, 4.69) is 5.32 Å². The molecule has 0 unspecified atom stereocenters. The minimum Gasteiger partial charge on any atom is -0.325 e. The van der Waals surface area contributed by atoms with Crippen LogP contribution in [0.1, 0.15) is 32.1 Å². The summed E-state index contributed by atoms with van der Waals surface area (Å²) in [6.07, 6.45) is 3.03. The maximum absolute atomic E-state index is 12.6. The third kappa shape index (κ3) is 3.94. The topological polar surface area (TPSA) is 104 Å². The van der Waals surface area contributed by atoms with Gasteiger partial charge < -0.3 is 5.32 Å². The van der Waals surface area contributed by atoms with Crippen LogP contribution in [0.2, 0.25) is 0 Å². The highest BCUT2D eigenvalue weighted by Crippen LogP contribution is 2.22. The van der Waals surface area contributed by atoms with Crippen molar-refractivity contribution in [2.75, 3.05) is 25.0 Å². The first-order valence-electron chi connectivity index (χ1n) is 8.61. The van der Waals surface area contributed by atoms with Crippen molar-refractivity contribution in [2.24, 2.45) is 0 Å². The lowest BCUT2D eigenvalue weighted by Gasteiger charge is -2.25. The summed E-state index contributed by atoms with van der Waals surface area (Å²) in [6.45, 7) is 0.725. The van der Waals surface area contributed by atoms with Crippen LogP contribution in [-0.2, 0) is 24.4 Å². The van der Waals surface area contributed by atoms with Gasteiger partial charge in [0.25, 0.3) is 0 Å². The third-order valence-corrected chi connectivity index (χ3v) is 6.46. The number of carbonyl (C=O) groups is 3. The molecule has 26 heavy (non-hydrogen) atoms. The molecule has 2 saturated heterocycles. The van der Waals surface area contributed by atoms with Gasteiger partial charge in [0.05, 0.1) is 4.90 Å². The maximum atomic E-state index is 12.6. The van der Waals surface area contributed by atoms with Gasteiger partial charge in [-0.05, 0) is 37.1 Å². The van der Waals surface area contributed by atoms with Crippen molar-refractivity contribution in [3.05, 3.63) is 24.3 Å². The summed E-state index contributed by atoms with van der Waals surface area (Å²) < 4.78 is 26.6. The Morgan fingerprint density at radius 3 is 2.12 bits per heavy atom. The Morgan fingerprint density at radius 1 is 0.962 bits per heavy atom. The first-order valence-corrected chi connectivity index (χ1v) is 10.1. The van der Waals surface area contributed by atoms with Gasteiger partial charge in [0, 0.05) is 31.6 Å². The molecule has 1 aromatic rings. The quantitative estimate of drug-likeness (QED) is 0.767. The summed E-state index contributed by atoms with van der Waals surface area (Å²) in [7, 11) is -3.52. The zero-order valence-electron chi connectivity index (χ0n) is 14.3. The van der Waals surface area contributed by atoms with Crippen molar-refractivity contribution >= 4 is 33.4 Å². The number of rotatable bonds is 5. The molecule has 9 heteroatoms. The van der Waals surface area contributed by atoms with Crippen LogP contribution in [0, 0.1) is 0 Å². The molecule has 3 amide bonds.